The number of benzene rings is 1. The van der Waals surface area contributed by atoms with Gasteiger partial charge in [-0.1, -0.05) is 12.1 Å². The number of aliphatic hydroxyl groups excluding tert-OH is 1. The molecule has 0 bridgehead atoms. The largest absolute Gasteiger partial charge is 0.396 e. The Hall–Kier alpha value is -1.07. The van der Waals surface area contributed by atoms with Crippen molar-refractivity contribution in [2.75, 3.05) is 23.4 Å². The molecule has 1 atom stereocenters. The van der Waals surface area contributed by atoms with Crippen LogP contribution in [-0.2, 0) is 16.3 Å². The maximum absolute atomic E-state index is 11.4. The van der Waals surface area contributed by atoms with Gasteiger partial charge in [-0.3, -0.25) is 0 Å². The van der Waals surface area contributed by atoms with E-state index in [1.54, 1.807) is 0 Å². The smallest absolute Gasteiger partial charge is 0.152 e. The molecule has 5 heteroatoms. The van der Waals surface area contributed by atoms with E-state index in [0.717, 1.165) is 24.1 Å². The highest BCUT2D eigenvalue weighted by Gasteiger charge is 2.27. The number of aryl methyl sites for hydroxylation is 1. The lowest BCUT2D eigenvalue weighted by Crippen LogP contribution is -2.20. The highest BCUT2D eigenvalue weighted by molar-refractivity contribution is 7.91. The zero-order chi connectivity index (χ0) is 13.0. The number of aliphatic hydroxyl groups is 1. The predicted molar refractivity (Wildman–Crippen MR) is 72.5 cm³/mol. The number of rotatable bonds is 5. The summed E-state index contributed by atoms with van der Waals surface area (Å²) in [7, 11) is -2.84. The van der Waals surface area contributed by atoms with Crippen LogP contribution in [0.4, 0.5) is 5.69 Å². The van der Waals surface area contributed by atoms with E-state index in [9.17, 15) is 8.42 Å². The predicted octanol–water partition coefficient (Wildman–Crippen LogP) is 1.21. The van der Waals surface area contributed by atoms with Crippen LogP contribution in [0.15, 0.2) is 24.3 Å². The van der Waals surface area contributed by atoms with Crippen LogP contribution in [0, 0.1) is 0 Å². The molecule has 0 aliphatic carbocycles. The molecule has 4 nitrogen and oxygen atoms in total. The molecule has 1 fully saturated rings. The molecule has 1 aliphatic rings. The fourth-order valence-electron chi connectivity index (χ4n) is 2.24. The van der Waals surface area contributed by atoms with E-state index in [1.165, 1.54) is 0 Å². The van der Waals surface area contributed by atoms with Crippen molar-refractivity contribution >= 4 is 15.5 Å². The Kier molecular flexibility index (Phi) is 4.24. The van der Waals surface area contributed by atoms with Gasteiger partial charge >= 0.3 is 0 Å². The second-order valence-electron chi connectivity index (χ2n) is 4.77. The molecule has 0 radical (unpaired) electrons. The van der Waals surface area contributed by atoms with Gasteiger partial charge < -0.3 is 10.4 Å². The van der Waals surface area contributed by atoms with Gasteiger partial charge in [-0.05, 0) is 37.0 Å². The number of anilines is 1. The molecular weight excluding hydrogens is 250 g/mol. The first-order valence-electron chi connectivity index (χ1n) is 6.26. The molecule has 0 saturated carbocycles. The van der Waals surface area contributed by atoms with Crippen molar-refractivity contribution in [2.24, 2.45) is 0 Å². The standard InChI is InChI=1S/C13H19NO3S/c15-7-2-4-11-3-1-5-12(9-11)14-13-6-8-18(16,17)10-13/h1,3,5,9,13-15H,2,4,6-8,10H2. The second kappa shape index (κ2) is 5.71. The Morgan fingerprint density at radius 2 is 2.22 bits per heavy atom. The van der Waals surface area contributed by atoms with E-state index in [1.807, 2.05) is 24.3 Å². The van der Waals surface area contributed by atoms with Crippen LogP contribution in [0.3, 0.4) is 0 Å². The van der Waals surface area contributed by atoms with E-state index in [4.69, 9.17) is 5.11 Å². The molecule has 18 heavy (non-hydrogen) atoms. The number of nitrogens with one attached hydrogen (secondary N) is 1. The molecule has 0 spiro atoms. The molecular formula is C13H19NO3S. The summed E-state index contributed by atoms with van der Waals surface area (Å²) in [5.74, 6) is 0.517. The fraction of sp³-hybridized carbons (Fsp3) is 0.538. The number of hydrogen-bond donors (Lipinski definition) is 2. The van der Waals surface area contributed by atoms with Crippen LogP contribution in [0.2, 0.25) is 0 Å². The molecule has 1 aromatic carbocycles. The monoisotopic (exact) mass is 269 g/mol. The molecule has 100 valence electrons. The van der Waals surface area contributed by atoms with Crippen LogP contribution < -0.4 is 5.32 Å². The molecule has 1 heterocycles. The van der Waals surface area contributed by atoms with E-state index >= 15 is 0 Å². The lowest BCUT2D eigenvalue weighted by molar-refractivity contribution is 0.288. The third-order valence-electron chi connectivity index (χ3n) is 3.15. The van der Waals surface area contributed by atoms with Crippen molar-refractivity contribution < 1.29 is 13.5 Å². The Bertz CT molecular complexity index is 499. The van der Waals surface area contributed by atoms with Gasteiger partial charge in [0.2, 0.25) is 0 Å². The van der Waals surface area contributed by atoms with Gasteiger partial charge in [0, 0.05) is 18.3 Å². The van der Waals surface area contributed by atoms with E-state index in [0.29, 0.717) is 6.42 Å². The average Bonchev–Trinajstić information content (AvgIpc) is 2.66. The Morgan fingerprint density at radius 3 is 2.89 bits per heavy atom. The zero-order valence-electron chi connectivity index (χ0n) is 10.3. The topological polar surface area (TPSA) is 66.4 Å². The SMILES string of the molecule is O=S1(=O)CCC(Nc2cccc(CCCO)c2)C1. The maximum atomic E-state index is 11.4. The van der Waals surface area contributed by atoms with Crippen molar-refractivity contribution in [3.05, 3.63) is 29.8 Å². The minimum atomic E-state index is -2.84. The molecule has 0 amide bonds. The summed E-state index contributed by atoms with van der Waals surface area (Å²) in [5, 5.41) is 12.1. The summed E-state index contributed by atoms with van der Waals surface area (Å²) in [6.45, 7) is 0.193. The molecule has 1 unspecified atom stereocenters. The van der Waals surface area contributed by atoms with Crippen molar-refractivity contribution in [3.63, 3.8) is 0 Å². The number of hydrogen-bond acceptors (Lipinski definition) is 4. The van der Waals surface area contributed by atoms with Gasteiger partial charge in [0.25, 0.3) is 0 Å². The van der Waals surface area contributed by atoms with E-state index in [-0.39, 0.29) is 24.2 Å². The molecule has 2 rings (SSSR count). The number of sulfone groups is 1. The van der Waals surface area contributed by atoms with Crippen molar-refractivity contribution in [3.8, 4) is 0 Å². The van der Waals surface area contributed by atoms with Gasteiger partial charge in [0.05, 0.1) is 11.5 Å². The highest BCUT2D eigenvalue weighted by atomic mass is 32.2. The summed E-state index contributed by atoms with van der Waals surface area (Å²) in [6, 6.07) is 7.99. The third-order valence-corrected chi connectivity index (χ3v) is 4.92. The molecule has 2 N–H and O–H groups in total. The van der Waals surface area contributed by atoms with Crippen LogP contribution in [0.1, 0.15) is 18.4 Å². The summed E-state index contributed by atoms with van der Waals surface area (Å²) >= 11 is 0. The molecule has 1 saturated heterocycles. The maximum Gasteiger partial charge on any atom is 0.152 e. The summed E-state index contributed by atoms with van der Waals surface area (Å²) in [6.07, 6.45) is 2.28. The first-order valence-corrected chi connectivity index (χ1v) is 8.08. The minimum Gasteiger partial charge on any atom is -0.396 e. The first-order chi connectivity index (χ1) is 8.59. The van der Waals surface area contributed by atoms with E-state index in [2.05, 4.69) is 5.32 Å². The fourth-order valence-corrected chi connectivity index (χ4v) is 3.92. The highest BCUT2D eigenvalue weighted by Crippen LogP contribution is 2.19. The van der Waals surface area contributed by atoms with Crippen molar-refractivity contribution in [2.45, 2.75) is 25.3 Å². The molecule has 1 aliphatic heterocycles. The van der Waals surface area contributed by atoms with Gasteiger partial charge in [0.1, 0.15) is 0 Å². The van der Waals surface area contributed by atoms with Gasteiger partial charge in [-0.25, -0.2) is 8.42 Å². The lowest BCUT2D eigenvalue weighted by Gasteiger charge is -2.13. The normalized spacial score (nSPS) is 21.9. The quantitative estimate of drug-likeness (QED) is 0.843. The van der Waals surface area contributed by atoms with Crippen molar-refractivity contribution in [1.82, 2.24) is 0 Å². The average molecular weight is 269 g/mol. The van der Waals surface area contributed by atoms with Crippen LogP contribution in [-0.4, -0.2) is 37.7 Å². The van der Waals surface area contributed by atoms with Gasteiger partial charge in [-0.2, -0.15) is 0 Å². The summed E-state index contributed by atoms with van der Waals surface area (Å²) in [5.41, 5.74) is 2.13. The summed E-state index contributed by atoms with van der Waals surface area (Å²) in [4.78, 5) is 0. The van der Waals surface area contributed by atoms with Gasteiger partial charge in [-0.15, -0.1) is 0 Å². The van der Waals surface area contributed by atoms with Crippen molar-refractivity contribution in [1.29, 1.82) is 0 Å². The Morgan fingerprint density at radius 1 is 1.39 bits per heavy atom. The Balaban J connectivity index is 1.97. The third kappa shape index (κ3) is 3.71. The van der Waals surface area contributed by atoms with E-state index < -0.39 is 9.84 Å². The second-order valence-corrected chi connectivity index (χ2v) is 7.00. The van der Waals surface area contributed by atoms with Gasteiger partial charge in [0.15, 0.2) is 9.84 Å². The minimum absolute atomic E-state index is 0.0306. The molecule has 1 aromatic rings. The lowest BCUT2D eigenvalue weighted by atomic mass is 10.1. The van der Waals surface area contributed by atoms with Crippen LogP contribution in [0.25, 0.3) is 0 Å². The van der Waals surface area contributed by atoms with Crippen LogP contribution in [0.5, 0.6) is 0 Å². The summed E-state index contributed by atoms with van der Waals surface area (Å²) < 4.78 is 22.7. The first kappa shape index (κ1) is 13.4. The Labute approximate surface area is 108 Å². The van der Waals surface area contributed by atoms with Crippen LogP contribution >= 0.6 is 0 Å². The molecule has 0 aromatic heterocycles. The zero-order valence-corrected chi connectivity index (χ0v) is 11.1.